The van der Waals surface area contributed by atoms with E-state index in [9.17, 15) is 4.39 Å². The van der Waals surface area contributed by atoms with Crippen LogP contribution in [0.2, 0.25) is 0 Å². The van der Waals surface area contributed by atoms with Crippen LogP contribution in [0.4, 0.5) is 10.1 Å². The first-order chi connectivity index (χ1) is 10.6. The van der Waals surface area contributed by atoms with Gasteiger partial charge >= 0.3 is 0 Å². The van der Waals surface area contributed by atoms with Gasteiger partial charge in [-0.1, -0.05) is 0 Å². The van der Waals surface area contributed by atoms with Crippen molar-refractivity contribution in [2.45, 2.75) is 6.42 Å². The molecule has 1 fully saturated rings. The molecule has 1 aromatic rings. The number of benzene rings is 1. The van der Waals surface area contributed by atoms with Crippen molar-refractivity contribution in [3.05, 3.63) is 30.1 Å². The van der Waals surface area contributed by atoms with Crippen molar-refractivity contribution in [2.24, 2.45) is 10.7 Å². The Morgan fingerprint density at radius 2 is 1.82 bits per heavy atom. The number of guanidine groups is 1. The highest BCUT2D eigenvalue weighted by Crippen LogP contribution is 2.16. The smallest absolute Gasteiger partial charge is 0.191 e. The van der Waals surface area contributed by atoms with Crippen molar-refractivity contribution in [1.29, 1.82) is 0 Å². The SMILES string of the molecule is CN(C)CCCN=C(N)N1CCN(c2ccc(F)cc2)CC1. The summed E-state index contributed by atoms with van der Waals surface area (Å²) in [5, 5.41) is 0. The lowest BCUT2D eigenvalue weighted by Crippen LogP contribution is -2.51. The average Bonchev–Trinajstić information content (AvgIpc) is 2.52. The lowest BCUT2D eigenvalue weighted by Gasteiger charge is -2.36. The van der Waals surface area contributed by atoms with E-state index in [1.54, 1.807) is 0 Å². The van der Waals surface area contributed by atoms with Crippen molar-refractivity contribution in [3.63, 3.8) is 0 Å². The second kappa shape index (κ2) is 7.98. The third kappa shape index (κ3) is 4.87. The molecule has 0 spiro atoms. The van der Waals surface area contributed by atoms with Crippen molar-refractivity contribution in [1.82, 2.24) is 9.80 Å². The summed E-state index contributed by atoms with van der Waals surface area (Å²) in [5.74, 6) is 0.439. The Morgan fingerprint density at radius 1 is 1.18 bits per heavy atom. The first-order valence-electron chi connectivity index (χ1n) is 7.76. The molecule has 0 aromatic heterocycles. The molecule has 1 aliphatic rings. The van der Waals surface area contributed by atoms with Crippen LogP contribution in [0.15, 0.2) is 29.3 Å². The van der Waals surface area contributed by atoms with Crippen LogP contribution in [-0.2, 0) is 0 Å². The standard InChI is InChI=1S/C16H26FN5/c1-20(2)9-3-8-19-16(18)22-12-10-21(11-13-22)15-6-4-14(17)5-7-15/h4-7H,3,8-13H2,1-2H3,(H2,18,19). The predicted octanol–water partition coefficient (Wildman–Crippen LogP) is 1.21. The fourth-order valence-electron chi connectivity index (χ4n) is 2.53. The minimum Gasteiger partial charge on any atom is -0.370 e. The summed E-state index contributed by atoms with van der Waals surface area (Å²) in [5.41, 5.74) is 7.12. The molecule has 122 valence electrons. The molecule has 1 aliphatic heterocycles. The molecule has 0 saturated carbocycles. The number of halogens is 1. The Hall–Kier alpha value is -1.82. The van der Waals surface area contributed by atoms with E-state index in [1.807, 2.05) is 12.1 Å². The van der Waals surface area contributed by atoms with Crippen LogP contribution in [-0.4, -0.2) is 69.1 Å². The summed E-state index contributed by atoms with van der Waals surface area (Å²) in [4.78, 5) is 11.0. The minimum atomic E-state index is -0.198. The molecule has 0 unspecified atom stereocenters. The van der Waals surface area contributed by atoms with E-state index in [1.165, 1.54) is 12.1 Å². The Bertz CT molecular complexity index is 478. The monoisotopic (exact) mass is 307 g/mol. The maximum absolute atomic E-state index is 13.0. The fourth-order valence-corrected chi connectivity index (χ4v) is 2.53. The number of rotatable bonds is 5. The quantitative estimate of drug-likeness (QED) is 0.505. The van der Waals surface area contributed by atoms with Crippen LogP contribution >= 0.6 is 0 Å². The maximum Gasteiger partial charge on any atom is 0.191 e. The summed E-state index contributed by atoms with van der Waals surface area (Å²) in [6, 6.07) is 6.65. The van der Waals surface area contributed by atoms with Gasteiger partial charge in [-0.25, -0.2) is 4.39 Å². The van der Waals surface area contributed by atoms with Gasteiger partial charge in [0.15, 0.2) is 5.96 Å². The minimum absolute atomic E-state index is 0.198. The van der Waals surface area contributed by atoms with E-state index in [-0.39, 0.29) is 5.82 Å². The fraction of sp³-hybridized carbons (Fsp3) is 0.562. The van der Waals surface area contributed by atoms with Gasteiger partial charge in [0.2, 0.25) is 0 Å². The summed E-state index contributed by atoms with van der Waals surface area (Å²) < 4.78 is 13.0. The van der Waals surface area contributed by atoms with Gasteiger partial charge in [-0.15, -0.1) is 0 Å². The zero-order valence-corrected chi connectivity index (χ0v) is 13.5. The molecule has 0 radical (unpaired) electrons. The summed E-state index contributed by atoms with van der Waals surface area (Å²) in [7, 11) is 4.11. The molecule has 0 amide bonds. The van der Waals surface area contributed by atoms with Crippen LogP contribution in [0.1, 0.15) is 6.42 Å². The number of nitrogens with two attached hydrogens (primary N) is 1. The Kier molecular flexibility index (Phi) is 6.00. The molecule has 2 rings (SSSR count). The van der Waals surface area contributed by atoms with E-state index in [4.69, 9.17) is 5.73 Å². The van der Waals surface area contributed by atoms with Gasteiger partial charge in [0.1, 0.15) is 5.82 Å². The highest BCUT2D eigenvalue weighted by atomic mass is 19.1. The van der Waals surface area contributed by atoms with Crippen molar-refractivity contribution >= 4 is 11.6 Å². The molecule has 0 atom stereocenters. The molecule has 1 saturated heterocycles. The highest BCUT2D eigenvalue weighted by Gasteiger charge is 2.18. The zero-order chi connectivity index (χ0) is 15.9. The van der Waals surface area contributed by atoms with Crippen LogP contribution in [0.25, 0.3) is 0 Å². The number of nitrogens with zero attached hydrogens (tertiary/aromatic N) is 4. The van der Waals surface area contributed by atoms with Gasteiger partial charge < -0.3 is 20.4 Å². The van der Waals surface area contributed by atoms with E-state index in [2.05, 4.69) is 33.8 Å². The molecule has 1 heterocycles. The van der Waals surface area contributed by atoms with Crippen LogP contribution in [0.3, 0.4) is 0 Å². The second-order valence-corrected chi connectivity index (χ2v) is 5.85. The first-order valence-corrected chi connectivity index (χ1v) is 7.76. The van der Waals surface area contributed by atoms with E-state index < -0.39 is 0 Å². The molecule has 0 bridgehead atoms. The third-order valence-electron chi connectivity index (χ3n) is 3.83. The number of anilines is 1. The Labute approximate surface area is 132 Å². The maximum atomic E-state index is 13.0. The van der Waals surface area contributed by atoms with Gasteiger partial charge in [-0.3, -0.25) is 4.99 Å². The lowest BCUT2D eigenvalue weighted by atomic mass is 10.2. The normalized spacial score (nSPS) is 16.5. The van der Waals surface area contributed by atoms with E-state index >= 15 is 0 Å². The number of piperazine rings is 1. The van der Waals surface area contributed by atoms with Gasteiger partial charge in [-0.05, 0) is 51.3 Å². The lowest BCUT2D eigenvalue weighted by molar-refractivity contribution is 0.378. The molecule has 1 aromatic carbocycles. The van der Waals surface area contributed by atoms with E-state index in [0.29, 0.717) is 5.96 Å². The van der Waals surface area contributed by atoms with Gasteiger partial charge in [0, 0.05) is 38.4 Å². The number of hydrogen-bond donors (Lipinski definition) is 1. The molecule has 0 aliphatic carbocycles. The van der Waals surface area contributed by atoms with Crippen LogP contribution in [0.5, 0.6) is 0 Å². The summed E-state index contributed by atoms with van der Waals surface area (Å²) in [6.45, 7) is 5.23. The Morgan fingerprint density at radius 3 is 2.41 bits per heavy atom. The van der Waals surface area contributed by atoms with Gasteiger partial charge in [0.05, 0.1) is 0 Å². The average molecular weight is 307 g/mol. The van der Waals surface area contributed by atoms with Crippen molar-refractivity contribution in [2.75, 3.05) is 58.3 Å². The largest absolute Gasteiger partial charge is 0.370 e. The summed E-state index contributed by atoms with van der Waals surface area (Å²) >= 11 is 0. The van der Waals surface area contributed by atoms with Gasteiger partial charge in [-0.2, -0.15) is 0 Å². The highest BCUT2D eigenvalue weighted by molar-refractivity contribution is 5.78. The third-order valence-corrected chi connectivity index (χ3v) is 3.83. The first kappa shape index (κ1) is 16.5. The Balaban J connectivity index is 1.78. The molecule has 6 heteroatoms. The second-order valence-electron chi connectivity index (χ2n) is 5.85. The molecule has 5 nitrogen and oxygen atoms in total. The summed E-state index contributed by atoms with van der Waals surface area (Å²) in [6.07, 6.45) is 1.02. The topological polar surface area (TPSA) is 48.1 Å². The predicted molar refractivity (Wildman–Crippen MR) is 89.8 cm³/mol. The number of hydrogen-bond acceptors (Lipinski definition) is 3. The van der Waals surface area contributed by atoms with Crippen molar-refractivity contribution in [3.8, 4) is 0 Å². The van der Waals surface area contributed by atoms with Crippen LogP contribution in [0, 0.1) is 5.82 Å². The van der Waals surface area contributed by atoms with Crippen molar-refractivity contribution < 1.29 is 4.39 Å². The molecular formula is C16H26FN5. The number of aliphatic imine (C=N–C) groups is 1. The molecule has 2 N–H and O–H groups in total. The molecule has 22 heavy (non-hydrogen) atoms. The molecular weight excluding hydrogens is 281 g/mol. The van der Waals surface area contributed by atoms with Gasteiger partial charge in [0.25, 0.3) is 0 Å². The van der Waals surface area contributed by atoms with E-state index in [0.717, 1.165) is 51.4 Å². The zero-order valence-electron chi connectivity index (χ0n) is 13.5. The van der Waals surface area contributed by atoms with Crippen LogP contribution < -0.4 is 10.6 Å².